The van der Waals surface area contributed by atoms with Gasteiger partial charge in [-0.1, -0.05) is 18.2 Å². The van der Waals surface area contributed by atoms with Crippen molar-refractivity contribution in [3.8, 4) is 0 Å². The molecule has 20 heavy (non-hydrogen) atoms. The maximum atomic E-state index is 11.9. The zero-order valence-electron chi connectivity index (χ0n) is 10.3. The van der Waals surface area contributed by atoms with Crippen LogP contribution in [0.15, 0.2) is 35.1 Å². The maximum absolute atomic E-state index is 11.9. The molecule has 7 heteroatoms. The molecule has 0 spiro atoms. The highest BCUT2D eigenvalue weighted by Crippen LogP contribution is 2.17. The van der Waals surface area contributed by atoms with Crippen LogP contribution in [0.3, 0.4) is 0 Å². The normalized spacial score (nSPS) is 11.1. The number of nitrogens with zero attached hydrogens (tertiary/aromatic N) is 2. The summed E-state index contributed by atoms with van der Waals surface area (Å²) >= 11 is 5.35. The van der Waals surface area contributed by atoms with Crippen molar-refractivity contribution in [2.75, 3.05) is 5.88 Å². The number of esters is 1. The van der Waals surface area contributed by atoms with Gasteiger partial charge in [0.25, 0.3) is 0 Å². The summed E-state index contributed by atoms with van der Waals surface area (Å²) in [7, 11) is 0. The van der Waals surface area contributed by atoms with E-state index in [9.17, 15) is 9.59 Å². The molecule has 0 aliphatic heterocycles. The third-order valence-corrected chi connectivity index (χ3v) is 3.11. The molecule has 0 atom stereocenters. The third kappa shape index (κ3) is 2.14. The number of carbonyl (C=O) groups is 1. The lowest BCUT2D eigenvalue weighted by molar-refractivity contribution is -0.141. The Kier molecular flexibility index (Phi) is 3.15. The van der Waals surface area contributed by atoms with Gasteiger partial charge in [-0.05, 0) is 12.1 Å². The predicted octanol–water partition coefficient (Wildman–Crippen LogP) is 1.46. The lowest BCUT2D eigenvalue weighted by atomic mass is 10.2. The minimum atomic E-state index is -0.525. The van der Waals surface area contributed by atoms with Gasteiger partial charge in [0, 0.05) is 5.39 Å². The van der Waals surface area contributed by atoms with Crippen LogP contribution in [0, 0.1) is 0 Å². The number of para-hydroxylation sites is 1. The van der Waals surface area contributed by atoms with Crippen LogP contribution < -0.4 is 5.69 Å². The van der Waals surface area contributed by atoms with E-state index in [2.05, 4.69) is 10.1 Å². The summed E-state index contributed by atoms with van der Waals surface area (Å²) in [5.74, 6) is -0.737. The van der Waals surface area contributed by atoms with Crippen molar-refractivity contribution in [1.82, 2.24) is 14.6 Å². The van der Waals surface area contributed by atoms with E-state index in [0.29, 0.717) is 11.2 Å². The summed E-state index contributed by atoms with van der Waals surface area (Å²) in [6.07, 6.45) is 0. The van der Waals surface area contributed by atoms with E-state index in [1.165, 1.54) is 4.52 Å². The summed E-state index contributed by atoms with van der Waals surface area (Å²) in [4.78, 5) is 25.7. The molecule has 0 amide bonds. The molecule has 2 aromatic heterocycles. The van der Waals surface area contributed by atoms with Gasteiger partial charge in [-0.2, -0.15) is 9.61 Å². The Labute approximate surface area is 117 Å². The molecule has 0 aliphatic carbocycles. The number of rotatable bonds is 3. The maximum Gasteiger partial charge on any atom is 0.347 e. The van der Waals surface area contributed by atoms with Gasteiger partial charge < -0.3 is 9.72 Å². The highest BCUT2D eigenvalue weighted by molar-refractivity contribution is 6.26. The number of H-pyrrole nitrogens is 1. The summed E-state index contributed by atoms with van der Waals surface area (Å²) < 4.78 is 6.16. The topological polar surface area (TPSA) is 76.5 Å². The molecule has 3 aromatic rings. The first-order valence-corrected chi connectivity index (χ1v) is 6.44. The summed E-state index contributed by atoms with van der Waals surface area (Å²) in [5.41, 5.74) is 1.55. The Morgan fingerprint density at radius 3 is 3.00 bits per heavy atom. The fraction of sp³-hybridized carbons (Fsp3) is 0.154. The number of aromatic nitrogens is 3. The van der Waals surface area contributed by atoms with Gasteiger partial charge in [0.05, 0.1) is 11.0 Å². The van der Waals surface area contributed by atoms with Crippen LogP contribution in [0.1, 0.15) is 5.69 Å². The summed E-state index contributed by atoms with van der Waals surface area (Å²) in [6, 6.07) is 9.14. The molecule has 0 unspecified atom stereocenters. The first-order chi connectivity index (χ1) is 9.69. The van der Waals surface area contributed by atoms with Crippen LogP contribution in [-0.4, -0.2) is 26.4 Å². The number of hydrogen-bond acceptors (Lipinski definition) is 4. The molecule has 0 radical (unpaired) electrons. The van der Waals surface area contributed by atoms with E-state index < -0.39 is 5.97 Å². The number of ether oxygens (including phenoxy) is 1. The second-order valence-corrected chi connectivity index (χ2v) is 4.47. The Hall–Kier alpha value is -2.34. The minimum absolute atomic E-state index is 0.0129. The van der Waals surface area contributed by atoms with Crippen molar-refractivity contribution in [3.05, 3.63) is 46.5 Å². The van der Waals surface area contributed by atoms with Gasteiger partial charge in [0.2, 0.25) is 0 Å². The van der Waals surface area contributed by atoms with Gasteiger partial charge in [0.1, 0.15) is 18.2 Å². The first kappa shape index (κ1) is 12.7. The molecule has 1 aromatic carbocycles. The zero-order chi connectivity index (χ0) is 14.1. The fourth-order valence-corrected chi connectivity index (χ4v) is 2.10. The number of aromatic amines is 1. The van der Waals surface area contributed by atoms with Gasteiger partial charge >= 0.3 is 11.7 Å². The molecule has 2 heterocycles. The molecule has 6 nitrogen and oxygen atoms in total. The van der Waals surface area contributed by atoms with Crippen molar-refractivity contribution in [1.29, 1.82) is 0 Å². The highest BCUT2D eigenvalue weighted by atomic mass is 35.5. The second-order valence-electron chi connectivity index (χ2n) is 4.20. The number of fused-ring (bicyclic) bond motifs is 3. The SMILES string of the molecule is O=C(CCl)OCc1cc2c3ccccc3[nH]c(=O)n2n1. The summed E-state index contributed by atoms with van der Waals surface area (Å²) in [6.45, 7) is -0.0129. The van der Waals surface area contributed by atoms with E-state index in [1.807, 2.05) is 24.3 Å². The standard InChI is InChI=1S/C13H10ClN3O3/c14-6-12(18)20-7-8-5-11-9-3-1-2-4-10(9)15-13(19)17(11)16-8/h1-5H,6-7H2,(H,15,19). The number of hydrogen-bond donors (Lipinski definition) is 1. The lowest BCUT2D eigenvalue weighted by Crippen LogP contribution is -2.17. The Morgan fingerprint density at radius 2 is 2.20 bits per heavy atom. The van der Waals surface area contributed by atoms with Gasteiger partial charge in [0.15, 0.2) is 0 Å². The molecule has 1 N–H and O–H groups in total. The smallest absolute Gasteiger partial charge is 0.347 e. The van der Waals surface area contributed by atoms with Crippen LogP contribution in [0.4, 0.5) is 0 Å². The van der Waals surface area contributed by atoms with Crippen LogP contribution in [0.2, 0.25) is 0 Å². The molecule has 102 valence electrons. The predicted molar refractivity (Wildman–Crippen MR) is 73.8 cm³/mol. The molecular formula is C13H10ClN3O3. The molecule has 0 saturated carbocycles. The van der Waals surface area contributed by atoms with E-state index in [-0.39, 0.29) is 18.2 Å². The number of benzene rings is 1. The average molecular weight is 292 g/mol. The van der Waals surface area contributed by atoms with E-state index in [1.54, 1.807) is 6.07 Å². The van der Waals surface area contributed by atoms with E-state index in [0.717, 1.165) is 10.9 Å². The first-order valence-electron chi connectivity index (χ1n) is 5.90. The van der Waals surface area contributed by atoms with Crippen molar-refractivity contribution in [3.63, 3.8) is 0 Å². The van der Waals surface area contributed by atoms with Crippen LogP contribution in [-0.2, 0) is 16.1 Å². The van der Waals surface area contributed by atoms with E-state index >= 15 is 0 Å². The molecule has 0 saturated heterocycles. The minimum Gasteiger partial charge on any atom is -0.458 e. The molecular weight excluding hydrogens is 282 g/mol. The number of carbonyl (C=O) groups excluding carboxylic acids is 1. The molecule has 0 aliphatic rings. The highest BCUT2D eigenvalue weighted by Gasteiger charge is 2.10. The van der Waals surface area contributed by atoms with Crippen molar-refractivity contribution in [2.24, 2.45) is 0 Å². The van der Waals surface area contributed by atoms with Crippen LogP contribution in [0.5, 0.6) is 0 Å². The third-order valence-electron chi connectivity index (χ3n) is 2.89. The molecule has 0 bridgehead atoms. The lowest BCUT2D eigenvalue weighted by Gasteiger charge is -1.98. The van der Waals surface area contributed by atoms with Crippen molar-refractivity contribution >= 4 is 34.0 Å². The fourth-order valence-electron chi connectivity index (χ4n) is 2.02. The largest absolute Gasteiger partial charge is 0.458 e. The zero-order valence-corrected chi connectivity index (χ0v) is 11.1. The monoisotopic (exact) mass is 291 g/mol. The van der Waals surface area contributed by atoms with Crippen LogP contribution in [0.25, 0.3) is 16.4 Å². The van der Waals surface area contributed by atoms with Crippen LogP contribution >= 0.6 is 11.6 Å². The number of alkyl halides is 1. The number of halogens is 1. The van der Waals surface area contributed by atoms with Crippen molar-refractivity contribution in [2.45, 2.75) is 6.61 Å². The Balaban J connectivity index is 2.10. The summed E-state index contributed by atoms with van der Waals surface area (Å²) in [5, 5.41) is 4.99. The van der Waals surface area contributed by atoms with Gasteiger partial charge in [-0.15, -0.1) is 11.6 Å². The van der Waals surface area contributed by atoms with Gasteiger partial charge in [-0.3, -0.25) is 4.79 Å². The van der Waals surface area contributed by atoms with E-state index in [4.69, 9.17) is 16.3 Å². The quantitative estimate of drug-likeness (QED) is 0.585. The number of nitrogens with one attached hydrogen (secondary N) is 1. The molecule has 0 fully saturated rings. The Bertz CT molecular complexity index is 853. The second kappa shape index (κ2) is 4.97. The Morgan fingerprint density at radius 1 is 1.40 bits per heavy atom. The van der Waals surface area contributed by atoms with Crippen molar-refractivity contribution < 1.29 is 9.53 Å². The average Bonchev–Trinajstić information content (AvgIpc) is 2.90. The van der Waals surface area contributed by atoms with Gasteiger partial charge in [-0.25, -0.2) is 4.79 Å². The molecule has 3 rings (SSSR count).